The summed E-state index contributed by atoms with van der Waals surface area (Å²) in [7, 11) is -3.09. The standard InChI is InChI=1S/C15H25N5O2S/c1-23(21,22)18-10-13-4-7-19(11-13)12-14-8-16-15(17-9-14)20-5-2-3-6-20/h8-9,13,18H,2-7,10-12H2,1H3/t13-/m0/s1. The Bertz CT molecular complexity index is 613. The summed E-state index contributed by atoms with van der Waals surface area (Å²) in [6.07, 6.45) is 8.52. The lowest BCUT2D eigenvalue weighted by molar-refractivity contribution is 0.316. The minimum Gasteiger partial charge on any atom is -0.341 e. The van der Waals surface area contributed by atoms with Crippen LogP contribution in [0.3, 0.4) is 0 Å². The van der Waals surface area contributed by atoms with Crippen LogP contribution in [0.5, 0.6) is 0 Å². The van der Waals surface area contributed by atoms with Gasteiger partial charge in [-0.3, -0.25) is 4.90 Å². The predicted octanol–water partition coefficient (Wildman–Crippen LogP) is 0.448. The topological polar surface area (TPSA) is 78.4 Å². The van der Waals surface area contributed by atoms with E-state index in [0.717, 1.165) is 50.7 Å². The summed E-state index contributed by atoms with van der Waals surface area (Å²) in [5, 5.41) is 0. The summed E-state index contributed by atoms with van der Waals surface area (Å²) >= 11 is 0. The lowest BCUT2D eigenvalue weighted by Gasteiger charge is -2.17. The van der Waals surface area contributed by atoms with E-state index in [4.69, 9.17) is 0 Å². The van der Waals surface area contributed by atoms with Crippen LogP contribution in [-0.2, 0) is 16.6 Å². The Labute approximate surface area is 138 Å². The molecule has 7 nitrogen and oxygen atoms in total. The first kappa shape index (κ1) is 16.6. The molecule has 1 aromatic rings. The van der Waals surface area contributed by atoms with Crippen molar-refractivity contribution in [1.82, 2.24) is 19.6 Å². The molecule has 0 aliphatic carbocycles. The van der Waals surface area contributed by atoms with E-state index in [9.17, 15) is 8.42 Å². The largest absolute Gasteiger partial charge is 0.341 e. The third-order valence-corrected chi connectivity index (χ3v) is 5.18. The van der Waals surface area contributed by atoms with Gasteiger partial charge in [-0.15, -0.1) is 0 Å². The monoisotopic (exact) mass is 339 g/mol. The van der Waals surface area contributed by atoms with Crippen molar-refractivity contribution in [2.24, 2.45) is 5.92 Å². The van der Waals surface area contributed by atoms with Crippen LogP contribution in [0.1, 0.15) is 24.8 Å². The Morgan fingerprint density at radius 2 is 1.91 bits per heavy atom. The third-order valence-electron chi connectivity index (χ3n) is 4.49. The Hall–Kier alpha value is -1.25. The average molecular weight is 339 g/mol. The minimum absolute atomic E-state index is 0.384. The number of likely N-dealkylation sites (tertiary alicyclic amines) is 1. The van der Waals surface area contributed by atoms with Gasteiger partial charge < -0.3 is 4.90 Å². The molecule has 0 saturated carbocycles. The molecule has 0 aromatic carbocycles. The van der Waals surface area contributed by atoms with E-state index in [1.54, 1.807) is 0 Å². The van der Waals surface area contributed by atoms with Gasteiger partial charge in [-0.05, 0) is 31.7 Å². The Kier molecular flexibility index (Phi) is 5.13. The first-order valence-corrected chi connectivity index (χ1v) is 10.1. The van der Waals surface area contributed by atoms with E-state index in [-0.39, 0.29) is 0 Å². The van der Waals surface area contributed by atoms with Crippen LogP contribution in [0.15, 0.2) is 12.4 Å². The molecule has 8 heteroatoms. The zero-order valence-corrected chi connectivity index (χ0v) is 14.4. The Balaban J connectivity index is 1.48. The van der Waals surface area contributed by atoms with E-state index in [1.807, 2.05) is 12.4 Å². The minimum atomic E-state index is -3.09. The van der Waals surface area contributed by atoms with E-state index >= 15 is 0 Å². The molecule has 23 heavy (non-hydrogen) atoms. The number of nitrogens with zero attached hydrogens (tertiary/aromatic N) is 4. The molecular weight excluding hydrogens is 314 g/mol. The highest BCUT2D eigenvalue weighted by molar-refractivity contribution is 7.88. The smallest absolute Gasteiger partial charge is 0.225 e. The first-order valence-electron chi connectivity index (χ1n) is 8.22. The molecule has 2 aliphatic heterocycles. The highest BCUT2D eigenvalue weighted by Crippen LogP contribution is 2.19. The highest BCUT2D eigenvalue weighted by atomic mass is 32.2. The molecule has 2 fully saturated rings. The van der Waals surface area contributed by atoms with Crippen LogP contribution in [0.2, 0.25) is 0 Å². The highest BCUT2D eigenvalue weighted by Gasteiger charge is 2.23. The molecule has 1 N–H and O–H groups in total. The summed E-state index contributed by atoms with van der Waals surface area (Å²) in [6.45, 7) is 5.37. The Morgan fingerprint density at radius 3 is 2.57 bits per heavy atom. The average Bonchev–Trinajstić information content (AvgIpc) is 3.17. The molecule has 3 rings (SSSR count). The number of anilines is 1. The fourth-order valence-corrected chi connectivity index (χ4v) is 3.80. The predicted molar refractivity (Wildman–Crippen MR) is 89.7 cm³/mol. The Morgan fingerprint density at radius 1 is 1.22 bits per heavy atom. The van der Waals surface area contributed by atoms with Crippen LogP contribution in [0.4, 0.5) is 5.95 Å². The molecule has 0 unspecified atom stereocenters. The van der Waals surface area contributed by atoms with Gasteiger partial charge in [0, 0.05) is 50.7 Å². The molecule has 0 amide bonds. The number of rotatable bonds is 6. The van der Waals surface area contributed by atoms with Crippen molar-refractivity contribution in [3.05, 3.63) is 18.0 Å². The molecule has 1 atom stereocenters. The van der Waals surface area contributed by atoms with Crippen molar-refractivity contribution in [2.75, 3.05) is 43.9 Å². The van der Waals surface area contributed by atoms with E-state index < -0.39 is 10.0 Å². The fourth-order valence-electron chi connectivity index (χ4n) is 3.26. The van der Waals surface area contributed by atoms with Gasteiger partial charge in [0.2, 0.25) is 16.0 Å². The summed E-state index contributed by atoms with van der Waals surface area (Å²) in [5.41, 5.74) is 1.12. The second-order valence-corrected chi connectivity index (χ2v) is 8.43. The number of sulfonamides is 1. The normalized spacial score (nSPS) is 22.8. The molecule has 2 saturated heterocycles. The SMILES string of the molecule is CS(=O)(=O)NC[C@@H]1CCN(Cc2cnc(N3CCCC3)nc2)C1. The summed E-state index contributed by atoms with van der Waals surface area (Å²) in [4.78, 5) is 13.5. The van der Waals surface area contributed by atoms with Gasteiger partial charge in [0.1, 0.15) is 0 Å². The number of hydrogen-bond acceptors (Lipinski definition) is 6. The molecular formula is C15H25N5O2S. The lowest BCUT2D eigenvalue weighted by atomic mass is 10.1. The van der Waals surface area contributed by atoms with Crippen LogP contribution in [-0.4, -0.2) is 62.3 Å². The fraction of sp³-hybridized carbons (Fsp3) is 0.733. The third kappa shape index (κ3) is 4.86. The van der Waals surface area contributed by atoms with Crippen LogP contribution < -0.4 is 9.62 Å². The van der Waals surface area contributed by atoms with Crippen molar-refractivity contribution >= 4 is 16.0 Å². The zero-order chi connectivity index (χ0) is 16.3. The van der Waals surface area contributed by atoms with E-state index in [1.165, 1.54) is 19.1 Å². The maximum atomic E-state index is 11.2. The molecule has 0 bridgehead atoms. The molecule has 0 radical (unpaired) electrons. The van der Waals surface area contributed by atoms with Crippen molar-refractivity contribution in [3.8, 4) is 0 Å². The summed E-state index contributed by atoms with van der Waals surface area (Å²) in [6, 6.07) is 0. The van der Waals surface area contributed by atoms with Gasteiger partial charge in [-0.25, -0.2) is 23.1 Å². The van der Waals surface area contributed by atoms with Crippen molar-refractivity contribution in [2.45, 2.75) is 25.8 Å². The molecule has 2 aliphatic rings. The second kappa shape index (κ2) is 7.11. The van der Waals surface area contributed by atoms with E-state index in [2.05, 4.69) is 24.5 Å². The maximum Gasteiger partial charge on any atom is 0.225 e. The van der Waals surface area contributed by atoms with Gasteiger partial charge >= 0.3 is 0 Å². The van der Waals surface area contributed by atoms with Gasteiger partial charge in [-0.2, -0.15) is 0 Å². The van der Waals surface area contributed by atoms with Gasteiger partial charge in [-0.1, -0.05) is 0 Å². The zero-order valence-electron chi connectivity index (χ0n) is 13.6. The van der Waals surface area contributed by atoms with Gasteiger partial charge in [0.25, 0.3) is 0 Å². The van der Waals surface area contributed by atoms with Crippen molar-refractivity contribution < 1.29 is 8.42 Å². The van der Waals surface area contributed by atoms with Crippen LogP contribution >= 0.6 is 0 Å². The quantitative estimate of drug-likeness (QED) is 0.811. The van der Waals surface area contributed by atoms with Crippen molar-refractivity contribution in [3.63, 3.8) is 0 Å². The molecule has 0 spiro atoms. The van der Waals surface area contributed by atoms with Gasteiger partial charge in [0.15, 0.2) is 0 Å². The molecule has 3 heterocycles. The summed E-state index contributed by atoms with van der Waals surface area (Å²) < 4.78 is 24.9. The molecule has 1 aromatic heterocycles. The van der Waals surface area contributed by atoms with Crippen LogP contribution in [0.25, 0.3) is 0 Å². The number of aromatic nitrogens is 2. The first-order chi connectivity index (χ1) is 11.0. The second-order valence-electron chi connectivity index (χ2n) is 6.60. The lowest BCUT2D eigenvalue weighted by Crippen LogP contribution is -2.30. The number of nitrogens with one attached hydrogen (secondary N) is 1. The van der Waals surface area contributed by atoms with Gasteiger partial charge in [0.05, 0.1) is 6.26 Å². The summed E-state index contributed by atoms with van der Waals surface area (Å²) in [5.74, 6) is 1.22. The maximum absolute atomic E-state index is 11.2. The van der Waals surface area contributed by atoms with Crippen LogP contribution in [0, 0.1) is 5.92 Å². The van der Waals surface area contributed by atoms with Crippen molar-refractivity contribution in [1.29, 1.82) is 0 Å². The van der Waals surface area contributed by atoms with E-state index in [0.29, 0.717) is 12.5 Å². The number of hydrogen-bond donors (Lipinski definition) is 1. The molecule has 128 valence electrons.